The van der Waals surface area contributed by atoms with Crippen LogP contribution in [0.1, 0.15) is 54.1 Å². The number of benzene rings is 2. The van der Waals surface area contributed by atoms with Crippen molar-refractivity contribution in [3.8, 4) is 0 Å². The predicted octanol–water partition coefficient (Wildman–Crippen LogP) is 3.77. The van der Waals surface area contributed by atoms with Gasteiger partial charge in [0.1, 0.15) is 11.4 Å². The van der Waals surface area contributed by atoms with Crippen molar-refractivity contribution in [2.45, 2.75) is 32.2 Å². The predicted molar refractivity (Wildman–Crippen MR) is 108 cm³/mol. The molecule has 1 unspecified atom stereocenters. The van der Waals surface area contributed by atoms with E-state index in [1.807, 2.05) is 24.3 Å². The third kappa shape index (κ3) is 3.13. The molecule has 29 heavy (non-hydrogen) atoms. The monoisotopic (exact) mass is 395 g/mol. The molecule has 3 aromatic rings. The van der Waals surface area contributed by atoms with E-state index in [-0.39, 0.29) is 40.9 Å². The highest BCUT2D eigenvalue weighted by molar-refractivity contribution is 5.99. The first-order valence-electron chi connectivity index (χ1n) is 9.51. The van der Waals surface area contributed by atoms with Crippen molar-refractivity contribution < 1.29 is 18.7 Å². The molecule has 1 aromatic heterocycles. The minimum absolute atomic E-state index is 0.0422. The van der Waals surface area contributed by atoms with Gasteiger partial charge in [0.05, 0.1) is 23.6 Å². The number of rotatable bonds is 3. The Morgan fingerprint density at radius 1 is 1.10 bits per heavy atom. The molecule has 1 atom stereocenters. The number of aliphatic hydroxyl groups is 1. The molecule has 1 N–H and O–H groups in total. The number of nitrogens with zero attached hydrogens (tertiary/aromatic N) is 1. The first-order valence-corrected chi connectivity index (χ1v) is 9.51. The van der Waals surface area contributed by atoms with Gasteiger partial charge in [0.2, 0.25) is 5.76 Å². The van der Waals surface area contributed by atoms with E-state index in [4.69, 9.17) is 4.42 Å². The molecule has 6 heteroatoms. The van der Waals surface area contributed by atoms with Crippen molar-refractivity contribution in [1.29, 1.82) is 0 Å². The number of aliphatic hydroxyl groups excluding tert-OH is 1. The van der Waals surface area contributed by atoms with Gasteiger partial charge in [-0.25, -0.2) is 4.39 Å². The number of amides is 1. The van der Waals surface area contributed by atoms with Crippen LogP contribution in [0.15, 0.2) is 51.7 Å². The molecule has 0 saturated carbocycles. The summed E-state index contributed by atoms with van der Waals surface area (Å²) < 4.78 is 19.4. The number of hydrogen-bond donors (Lipinski definition) is 1. The zero-order chi connectivity index (χ0) is 20.9. The summed E-state index contributed by atoms with van der Waals surface area (Å²) >= 11 is 0. The van der Waals surface area contributed by atoms with Crippen LogP contribution in [0.2, 0.25) is 0 Å². The lowest BCUT2D eigenvalue weighted by Crippen LogP contribution is -2.32. The van der Waals surface area contributed by atoms with Gasteiger partial charge in [-0.3, -0.25) is 9.59 Å². The number of carbonyl (C=O) groups is 1. The topological polar surface area (TPSA) is 70.8 Å². The Hall–Kier alpha value is -2.99. The van der Waals surface area contributed by atoms with E-state index in [9.17, 15) is 19.1 Å². The lowest BCUT2D eigenvalue weighted by Gasteiger charge is -2.25. The fraction of sp³-hybridized carbons (Fsp3) is 0.304. The first-order chi connectivity index (χ1) is 13.7. The van der Waals surface area contributed by atoms with Gasteiger partial charge in [0.15, 0.2) is 5.43 Å². The molecule has 2 heterocycles. The highest BCUT2D eigenvalue weighted by atomic mass is 19.1. The van der Waals surface area contributed by atoms with Gasteiger partial charge in [-0.15, -0.1) is 0 Å². The fourth-order valence-corrected chi connectivity index (χ4v) is 3.84. The summed E-state index contributed by atoms with van der Waals surface area (Å²) in [5, 5.41) is 9.58. The Labute approximate surface area is 167 Å². The van der Waals surface area contributed by atoms with Gasteiger partial charge in [-0.2, -0.15) is 0 Å². The van der Waals surface area contributed by atoms with Crippen molar-refractivity contribution in [1.82, 2.24) is 4.90 Å². The molecule has 0 spiro atoms. The van der Waals surface area contributed by atoms with Gasteiger partial charge >= 0.3 is 0 Å². The van der Waals surface area contributed by atoms with E-state index in [0.717, 1.165) is 17.2 Å². The van der Waals surface area contributed by atoms with Crippen LogP contribution >= 0.6 is 0 Å². The second-order valence-electron chi connectivity index (χ2n) is 8.31. The molecule has 1 amide bonds. The van der Waals surface area contributed by atoms with Crippen LogP contribution < -0.4 is 5.43 Å². The van der Waals surface area contributed by atoms with Crippen molar-refractivity contribution >= 4 is 16.9 Å². The quantitative estimate of drug-likeness (QED) is 0.733. The van der Waals surface area contributed by atoms with Crippen LogP contribution in [-0.2, 0) is 5.41 Å². The van der Waals surface area contributed by atoms with Crippen molar-refractivity contribution in [3.05, 3.63) is 81.0 Å². The summed E-state index contributed by atoms with van der Waals surface area (Å²) in [6, 6.07) is 10.7. The largest absolute Gasteiger partial charge is 0.450 e. The minimum atomic E-state index is -0.692. The Morgan fingerprint density at radius 2 is 1.79 bits per heavy atom. The van der Waals surface area contributed by atoms with Gasteiger partial charge in [0.25, 0.3) is 5.91 Å². The highest BCUT2D eigenvalue weighted by Crippen LogP contribution is 2.38. The van der Waals surface area contributed by atoms with Crippen LogP contribution in [0.3, 0.4) is 0 Å². The fourth-order valence-electron chi connectivity index (χ4n) is 3.84. The van der Waals surface area contributed by atoms with Crippen molar-refractivity contribution in [2.24, 2.45) is 0 Å². The molecule has 0 radical (unpaired) electrons. The van der Waals surface area contributed by atoms with E-state index < -0.39 is 23.2 Å². The van der Waals surface area contributed by atoms with Gasteiger partial charge in [-0.05, 0) is 34.7 Å². The van der Waals surface area contributed by atoms with Gasteiger partial charge < -0.3 is 14.4 Å². The Bertz CT molecular complexity index is 1160. The molecular weight excluding hydrogens is 373 g/mol. The van der Waals surface area contributed by atoms with Crippen LogP contribution in [0.4, 0.5) is 4.39 Å². The van der Waals surface area contributed by atoms with Crippen LogP contribution in [0.25, 0.3) is 11.0 Å². The molecule has 0 aliphatic carbocycles. The van der Waals surface area contributed by atoms with Crippen molar-refractivity contribution in [3.63, 3.8) is 0 Å². The maximum atomic E-state index is 13.7. The molecule has 0 bridgehead atoms. The molecule has 150 valence electrons. The number of β-amino-alcohol motifs (C(OH)–C–C–N with tert-alkyl or cyclic N) is 1. The second kappa shape index (κ2) is 6.81. The molecule has 0 fully saturated rings. The third-order valence-electron chi connectivity index (χ3n) is 5.36. The summed E-state index contributed by atoms with van der Waals surface area (Å²) in [5.74, 6) is -1.05. The van der Waals surface area contributed by atoms with E-state index >= 15 is 0 Å². The zero-order valence-corrected chi connectivity index (χ0v) is 16.5. The Kier molecular flexibility index (Phi) is 4.54. The molecule has 4 rings (SSSR count). The molecular formula is C23H22FNO4. The highest BCUT2D eigenvalue weighted by Gasteiger charge is 2.42. The minimum Gasteiger partial charge on any atom is -0.450 e. The van der Waals surface area contributed by atoms with E-state index in [0.29, 0.717) is 0 Å². The average Bonchev–Trinajstić information content (AvgIpc) is 2.95. The van der Waals surface area contributed by atoms with Crippen molar-refractivity contribution in [2.75, 3.05) is 13.2 Å². The Balaban J connectivity index is 1.94. The standard InChI is InChI=1S/C23H22FNO4/c1-23(2,3)14-6-4-13(5-7-14)19-18-20(27)16-12-15(24)8-9-17(16)29-21(18)22(28)25(19)10-11-26/h4-9,12,19,26H,10-11H2,1-3H3. The SMILES string of the molecule is CC(C)(C)c1ccc(C2c3c(oc4ccc(F)cc4c3=O)C(=O)N2CCO)cc1. The third-order valence-corrected chi connectivity index (χ3v) is 5.36. The van der Waals surface area contributed by atoms with E-state index in [1.165, 1.54) is 17.0 Å². The summed E-state index contributed by atoms with van der Waals surface area (Å²) in [6.07, 6.45) is 0. The lowest BCUT2D eigenvalue weighted by molar-refractivity contribution is 0.0691. The lowest BCUT2D eigenvalue weighted by atomic mass is 9.86. The molecule has 5 nitrogen and oxygen atoms in total. The number of hydrogen-bond acceptors (Lipinski definition) is 4. The van der Waals surface area contributed by atoms with E-state index in [2.05, 4.69) is 20.8 Å². The molecule has 1 aliphatic rings. The summed E-state index contributed by atoms with van der Waals surface area (Å²) in [7, 11) is 0. The zero-order valence-electron chi connectivity index (χ0n) is 16.5. The van der Waals surface area contributed by atoms with Crippen LogP contribution in [0, 0.1) is 5.82 Å². The summed E-state index contributed by atoms with van der Waals surface area (Å²) in [6.45, 7) is 6.11. The second-order valence-corrected chi connectivity index (χ2v) is 8.31. The maximum Gasteiger partial charge on any atom is 0.290 e. The molecule has 2 aromatic carbocycles. The van der Waals surface area contributed by atoms with Gasteiger partial charge in [0, 0.05) is 6.54 Å². The van der Waals surface area contributed by atoms with Gasteiger partial charge in [-0.1, -0.05) is 45.0 Å². The maximum absolute atomic E-state index is 13.7. The first kappa shape index (κ1) is 19.3. The molecule has 1 aliphatic heterocycles. The Morgan fingerprint density at radius 3 is 2.41 bits per heavy atom. The number of halogens is 1. The normalized spacial score (nSPS) is 16.5. The summed E-state index contributed by atoms with van der Waals surface area (Å²) in [5.41, 5.74) is 1.73. The van der Waals surface area contributed by atoms with E-state index in [1.54, 1.807) is 0 Å². The summed E-state index contributed by atoms with van der Waals surface area (Å²) in [4.78, 5) is 27.6. The van der Waals surface area contributed by atoms with Crippen LogP contribution in [-0.4, -0.2) is 29.1 Å². The average molecular weight is 395 g/mol. The van der Waals surface area contributed by atoms with Crippen LogP contribution in [0.5, 0.6) is 0 Å². The number of fused-ring (bicyclic) bond motifs is 2. The smallest absolute Gasteiger partial charge is 0.290 e. The number of carbonyl (C=O) groups excluding carboxylic acids is 1. The molecule has 0 saturated heterocycles.